The molecule has 0 heterocycles. The summed E-state index contributed by atoms with van der Waals surface area (Å²) in [6.45, 7) is 18.9. The zero-order chi connectivity index (χ0) is 15.3. The van der Waals surface area contributed by atoms with Gasteiger partial charge < -0.3 is 11.4 Å². The van der Waals surface area contributed by atoms with Crippen molar-refractivity contribution in [3.8, 4) is 0 Å². The highest BCUT2D eigenvalue weighted by molar-refractivity contribution is 6.36. The van der Waals surface area contributed by atoms with Crippen LogP contribution in [0.5, 0.6) is 0 Å². The molecule has 1 radical (unpaired) electrons. The molecule has 0 aliphatic heterocycles. The van der Waals surface area contributed by atoms with E-state index >= 15 is 0 Å². The molecule has 4 heteroatoms. The fourth-order valence-corrected chi connectivity index (χ4v) is 3.31. The second-order valence-corrected chi connectivity index (χ2v) is 8.27. The third-order valence-corrected chi connectivity index (χ3v) is 6.29. The molecule has 0 bridgehead atoms. The van der Waals surface area contributed by atoms with E-state index in [1.54, 1.807) is 0 Å². The van der Waals surface area contributed by atoms with Gasteiger partial charge in [0.2, 0.25) is 0 Å². The van der Waals surface area contributed by atoms with Gasteiger partial charge in [0.15, 0.2) is 0 Å². The molecule has 0 aromatic carbocycles. The van der Waals surface area contributed by atoms with Gasteiger partial charge in [-0.25, -0.2) is 0 Å². The van der Waals surface area contributed by atoms with Crippen molar-refractivity contribution in [1.82, 2.24) is 0 Å². The molecule has 0 spiro atoms. The Kier molecular flexibility index (Phi) is 7.59. The summed E-state index contributed by atoms with van der Waals surface area (Å²) in [5, 5.41) is 0. The molecule has 0 unspecified atom stereocenters. The summed E-state index contributed by atoms with van der Waals surface area (Å²) in [6, 6.07) is 0. The number of hydrogen-bond donors (Lipinski definition) is 0. The summed E-state index contributed by atoms with van der Waals surface area (Å²) >= 11 is -2.16. The van der Waals surface area contributed by atoms with Crippen LogP contribution in [0.4, 0.5) is 0 Å². The number of rotatable bonds is 9. The third-order valence-electron chi connectivity index (χ3n) is 3.80. The summed E-state index contributed by atoms with van der Waals surface area (Å²) in [5.41, 5.74) is -0.570. The van der Waals surface area contributed by atoms with Gasteiger partial charge in [0.25, 0.3) is 0 Å². The van der Waals surface area contributed by atoms with Crippen LogP contribution in [0.2, 0.25) is 0 Å². The zero-order valence-electron chi connectivity index (χ0n) is 14.4. The van der Waals surface area contributed by atoms with E-state index in [4.69, 9.17) is 11.4 Å². The van der Waals surface area contributed by atoms with Crippen molar-refractivity contribution in [3.05, 3.63) is 0 Å². The molecular formula is C15H33AlO3-. The van der Waals surface area contributed by atoms with E-state index in [2.05, 4.69) is 62.3 Å². The highest BCUT2D eigenvalue weighted by Crippen LogP contribution is 2.25. The number of hydrogen-bond acceptors (Lipinski definition) is 3. The first-order chi connectivity index (χ1) is 8.47. The average Bonchev–Trinajstić information content (AvgIpc) is 2.27. The van der Waals surface area contributed by atoms with Crippen LogP contribution >= 0.6 is 0 Å². The van der Waals surface area contributed by atoms with Gasteiger partial charge in [0.05, 0.1) is 0 Å². The van der Waals surface area contributed by atoms with E-state index in [1.165, 1.54) is 0 Å². The maximum absolute atomic E-state index is 6.16. The van der Waals surface area contributed by atoms with Crippen molar-refractivity contribution in [2.75, 3.05) is 0 Å². The average molecular weight is 288 g/mol. The van der Waals surface area contributed by atoms with Crippen LogP contribution in [-0.4, -0.2) is 32.0 Å². The van der Waals surface area contributed by atoms with Crippen LogP contribution in [0.25, 0.3) is 0 Å². The predicted molar refractivity (Wildman–Crippen MR) is 82.1 cm³/mol. The summed E-state index contributed by atoms with van der Waals surface area (Å²) < 4.78 is 18.5. The Morgan fingerprint density at radius 2 is 0.789 bits per heavy atom. The smallest absolute Gasteiger partial charge is 0.560 e. The molecule has 3 nitrogen and oxygen atoms in total. The Bertz CT molecular complexity index is 219. The fraction of sp³-hybridized carbons (Fsp3) is 1.00. The lowest BCUT2D eigenvalue weighted by molar-refractivity contribution is -0.0670. The molecule has 0 saturated carbocycles. The molecule has 19 heavy (non-hydrogen) atoms. The van der Waals surface area contributed by atoms with Crippen molar-refractivity contribution in [1.29, 1.82) is 0 Å². The maximum Gasteiger partial charge on any atom is 0.560 e. The van der Waals surface area contributed by atoms with Crippen LogP contribution in [-0.2, 0) is 11.4 Å². The second kappa shape index (κ2) is 7.43. The molecule has 0 N–H and O–H groups in total. The standard InChI is InChI=1S/3C5H11O.Al/c3*1-4-5(2,3)6;/h3*4H2,1-3H3;/q3*-1;+2. The minimum absolute atomic E-state index is 0.190. The Hall–Kier alpha value is 0.412. The van der Waals surface area contributed by atoms with E-state index < -0.39 is 15.1 Å². The van der Waals surface area contributed by atoms with Gasteiger partial charge in [0, 0.05) is 16.8 Å². The summed E-state index contributed by atoms with van der Waals surface area (Å²) in [5.74, 6) is 0. The molecule has 0 rings (SSSR count). The lowest BCUT2D eigenvalue weighted by atomic mass is 10.1. The van der Waals surface area contributed by atoms with E-state index in [9.17, 15) is 0 Å². The van der Waals surface area contributed by atoms with Gasteiger partial charge in [-0.2, -0.15) is 0 Å². The van der Waals surface area contributed by atoms with Gasteiger partial charge in [-0.15, -0.1) is 0 Å². The first kappa shape index (κ1) is 19.4. The lowest BCUT2D eigenvalue weighted by Gasteiger charge is -2.47. The van der Waals surface area contributed by atoms with Gasteiger partial charge in [-0.3, -0.25) is 0 Å². The summed E-state index contributed by atoms with van der Waals surface area (Å²) in [6.07, 6.45) is 2.84. The molecule has 115 valence electrons. The molecule has 0 aliphatic rings. The minimum atomic E-state index is -2.16. The van der Waals surface area contributed by atoms with Crippen molar-refractivity contribution in [2.45, 2.75) is 98.4 Å². The van der Waals surface area contributed by atoms with E-state index in [0.717, 1.165) is 19.3 Å². The Morgan fingerprint density at radius 3 is 0.947 bits per heavy atom. The molecule has 0 amide bonds. The van der Waals surface area contributed by atoms with Crippen LogP contribution < -0.4 is 0 Å². The monoisotopic (exact) mass is 288 g/mol. The molecule has 0 aliphatic carbocycles. The van der Waals surface area contributed by atoms with Crippen LogP contribution in [0.3, 0.4) is 0 Å². The van der Waals surface area contributed by atoms with E-state index in [0.29, 0.717) is 0 Å². The summed E-state index contributed by atoms with van der Waals surface area (Å²) in [4.78, 5) is 0. The van der Waals surface area contributed by atoms with Crippen molar-refractivity contribution >= 4 is 15.1 Å². The van der Waals surface area contributed by atoms with Crippen molar-refractivity contribution in [2.24, 2.45) is 0 Å². The normalized spacial score (nSPS) is 14.2. The van der Waals surface area contributed by atoms with Gasteiger partial charge in [-0.1, -0.05) is 20.8 Å². The van der Waals surface area contributed by atoms with Crippen LogP contribution in [0.1, 0.15) is 81.6 Å². The lowest BCUT2D eigenvalue weighted by Crippen LogP contribution is -2.46. The van der Waals surface area contributed by atoms with Crippen molar-refractivity contribution < 1.29 is 11.4 Å². The van der Waals surface area contributed by atoms with E-state index in [-0.39, 0.29) is 16.8 Å². The summed E-state index contributed by atoms with van der Waals surface area (Å²) in [7, 11) is 0. The highest BCUT2D eigenvalue weighted by atomic mass is 27.3. The topological polar surface area (TPSA) is 27.7 Å². The van der Waals surface area contributed by atoms with Gasteiger partial charge in [0.1, 0.15) is 0 Å². The predicted octanol–water partition coefficient (Wildman–Crippen LogP) is 4.59. The Balaban J connectivity index is 4.84. The molecule has 0 saturated heterocycles. The minimum Gasteiger partial charge on any atom is -0.630 e. The highest BCUT2D eigenvalue weighted by Gasteiger charge is 2.28. The first-order valence-corrected chi connectivity index (χ1v) is 8.92. The zero-order valence-corrected chi connectivity index (χ0v) is 15.6. The van der Waals surface area contributed by atoms with Gasteiger partial charge >= 0.3 is 15.1 Å². The first-order valence-electron chi connectivity index (χ1n) is 7.50. The largest absolute Gasteiger partial charge is 0.630 e. The Morgan fingerprint density at radius 1 is 0.579 bits per heavy atom. The second-order valence-electron chi connectivity index (χ2n) is 6.98. The third kappa shape index (κ3) is 8.32. The SMILES string of the molecule is CCC(C)(C)[O][Al-]([O]C(C)(C)CC)[O]C(C)(C)CC. The van der Waals surface area contributed by atoms with E-state index in [1.807, 2.05) is 0 Å². The molecular weight excluding hydrogens is 255 g/mol. The molecule has 0 aromatic rings. The Labute approximate surface area is 125 Å². The molecule has 0 atom stereocenters. The molecule has 0 aromatic heterocycles. The quantitative estimate of drug-likeness (QED) is 0.581. The fourth-order valence-electron chi connectivity index (χ4n) is 1.10. The molecule has 0 fully saturated rings. The maximum atomic E-state index is 6.16. The van der Waals surface area contributed by atoms with Gasteiger partial charge in [-0.05, 0) is 60.8 Å². The van der Waals surface area contributed by atoms with Crippen LogP contribution in [0, 0.1) is 0 Å². The van der Waals surface area contributed by atoms with Crippen molar-refractivity contribution in [3.63, 3.8) is 0 Å². The van der Waals surface area contributed by atoms with Crippen LogP contribution in [0.15, 0.2) is 0 Å².